The highest BCUT2D eigenvalue weighted by atomic mass is 32.1. The molecule has 1 atom stereocenters. The minimum Gasteiger partial charge on any atom is -0.481 e. The first-order valence-corrected chi connectivity index (χ1v) is 5.28. The van der Waals surface area contributed by atoms with Gasteiger partial charge in [0.2, 0.25) is 0 Å². The molecular weight excluding hydrogens is 184 g/mol. The average molecular weight is 198 g/mol. The third kappa shape index (κ3) is 2.56. The van der Waals surface area contributed by atoms with Gasteiger partial charge in [-0.05, 0) is 25.5 Å². The third-order valence-corrected chi connectivity index (χ3v) is 3.30. The summed E-state index contributed by atoms with van der Waals surface area (Å²) in [5.41, 5.74) is 0. The summed E-state index contributed by atoms with van der Waals surface area (Å²) in [6.45, 7) is 3.85. The molecule has 0 bridgehead atoms. The number of aryl methyl sites for hydroxylation is 1. The Bertz CT molecular complexity index is 291. The van der Waals surface area contributed by atoms with E-state index >= 15 is 0 Å². The molecule has 0 saturated heterocycles. The molecule has 1 aromatic rings. The smallest absolute Gasteiger partial charge is 0.311 e. The fraction of sp³-hybridized carbons (Fsp3) is 0.500. The molecule has 0 fully saturated rings. The summed E-state index contributed by atoms with van der Waals surface area (Å²) in [5, 5.41) is 8.78. The molecule has 0 amide bonds. The van der Waals surface area contributed by atoms with Gasteiger partial charge in [0.05, 0.1) is 5.92 Å². The molecule has 0 spiro atoms. The number of rotatable bonds is 4. The monoisotopic (exact) mass is 198 g/mol. The van der Waals surface area contributed by atoms with Crippen molar-refractivity contribution in [1.82, 2.24) is 0 Å². The second-order valence-corrected chi connectivity index (χ2v) is 4.31. The third-order valence-electron chi connectivity index (χ3n) is 1.98. The van der Waals surface area contributed by atoms with Gasteiger partial charge in [0.1, 0.15) is 0 Å². The highest BCUT2D eigenvalue weighted by molar-refractivity contribution is 7.12. The quantitative estimate of drug-likeness (QED) is 0.807. The van der Waals surface area contributed by atoms with Crippen LogP contribution in [0.2, 0.25) is 0 Å². The van der Waals surface area contributed by atoms with Crippen molar-refractivity contribution in [2.24, 2.45) is 0 Å². The highest BCUT2D eigenvalue weighted by Crippen LogP contribution is 2.25. The van der Waals surface area contributed by atoms with E-state index in [1.54, 1.807) is 18.3 Å². The maximum atomic E-state index is 10.7. The Labute approximate surface area is 82.2 Å². The van der Waals surface area contributed by atoms with Crippen molar-refractivity contribution in [1.29, 1.82) is 0 Å². The summed E-state index contributed by atoms with van der Waals surface area (Å²) in [6.07, 6.45) is 2.17. The zero-order valence-corrected chi connectivity index (χ0v) is 8.73. The Balaban J connectivity index is 2.73. The van der Waals surface area contributed by atoms with Crippen LogP contribution in [0.4, 0.5) is 0 Å². The number of carboxylic acid groups (broad SMARTS) is 1. The van der Waals surface area contributed by atoms with Crippen molar-refractivity contribution in [2.45, 2.75) is 32.6 Å². The van der Waals surface area contributed by atoms with E-state index < -0.39 is 5.97 Å². The number of hydrogen-bond acceptors (Lipinski definition) is 2. The van der Waals surface area contributed by atoms with Crippen molar-refractivity contribution in [3.05, 3.63) is 21.9 Å². The van der Waals surface area contributed by atoms with Crippen LogP contribution >= 0.6 is 11.3 Å². The number of carbonyl (C=O) groups is 1. The second-order valence-electron chi connectivity index (χ2n) is 3.11. The maximum Gasteiger partial charge on any atom is 0.311 e. The van der Waals surface area contributed by atoms with Gasteiger partial charge >= 0.3 is 5.97 Å². The molecule has 0 aliphatic heterocycles. The summed E-state index contributed by atoms with van der Waals surface area (Å²) in [4.78, 5) is 12.9. The van der Waals surface area contributed by atoms with E-state index in [4.69, 9.17) is 5.11 Å². The zero-order valence-electron chi connectivity index (χ0n) is 7.91. The SMILES string of the molecule is CCCc1ccc(C(C)C(=O)O)s1. The Morgan fingerprint density at radius 3 is 2.85 bits per heavy atom. The van der Waals surface area contributed by atoms with Gasteiger partial charge in [-0.1, -0.05) is 13.3 Å². The predicted molar refractivity (Wildman–Crippen MR) is 54.4 cm³/mol. The summed E-state index contributed by atoms with van der Waals surface area (Å²) in [5.74, 6) is -1.11. The van der Waals surface area contributed by atoms with E-state index in [9.17, 15) is 4.79 Å². The first-order chi connectivity index (χ1) is 6.15. The molecule has 1 heterocycles. The largest absolute Gasteiger partial charge is 0.481 e. The summed E-state index contributed by atoms with van der Waals surface area (Å²) in [7, 11) is 0. The topological polar surface area (TPSA) is 37.3 Å². The second kappa shape index (κ2) is 4.42. The van der Waals surface area contributed by atoms with E-state index in [0.29, 0.717) is 0 Å². The first kappa shape index (κ1) is 10.3. The van der Waals surface area contributed by atoms with Gasteiger partial charge in [0, 0.05) is 9.75 Å². The van der Waals surface area contributed by atoms with Crippen LogP contribution in [0.1, 0.15) is 35.9 Å². The van der Waals surface area contributed by atoms with E-state index in [1.165, 1.54) is 4.88 Å². The fourth-order valence-electron chi connectivity index (χ4n) is 1.13. The van der Waals surface area contributed by atoms with Crippen LogP contribution in [0.5, 0.6) is 0 Å². The standard InChI is InChI=1S/C10H14O2S/c1-3-4-8-5-6-9(13-8)7(2)10(11)12/h5-7H,3-4H2,1-2H3,(H,11,12). The van der Waals surface area contributed by atoms with E-state index in [1.807, 2.05) is 12.1 Å². The molecule has 1 rings (SSSR count). The van der Waals surface area contributed by atoms with Gasteiger partial charge in [-0.3, -0.25) is 4.79 Å². The number of aliphatic carboxylic acids is 1. The van der Waals surface area contributed by atoms with Crippen LogP contribution in [0.25, 0.3) is 0 Å². The highest BCUT2D eigenvalue weighted by Gasteiger charge is 2.15. The van der Waals surface area contributed by atoms with E-state index in [-0.39, 0.29) is 5.92 Å². The van der Waals surface area contributed by atoms with Gasteiger partial charge < -0.3 is 5.11 Å². The number of carboxylic acids is 1. The molecule has 13 heavy (non-hydrogen) atoms. The van der Waals surface area contributed by atoms with Crippen LogP contribution in [0.3, 0.4) is 0 Å². The summed E-state index contributed by atoms with van der Waals surface area (Å²) < 4.78 is 0. The first-order valence-electron chi connectivity index (χ1n) is 4.46. The van der Waals surface area contributed by atoms with Crippen molar-refractivity contribution < 1.29 is 9.90 Å². The molecule has 72 valence electrons. The van der Waals surface area contributed by atoms with Gasteiger partial charge in [-0.2, -0.15) is 0 Å². The summed E-state index contributed by atoms with van der Waals surface area (Å²) >= 11 is 1.61. The lowest BCUT2D eigenvalue weighted by Gasteiger charge is -2.00. The van der Waals surface area contributed by atoms with Gasteiger partial charge in [0.15, 0.2) is 0 Å². The molecule has 0 aliphatic rings. The molecule has 1 N–H and O–H groups in total. The molecule has 0 aliphatic carbocycles. The molecule has 3 heteroatoms. The van der Waals surface area contributed by atoms with E-state index in [2.05, 4.69) is 6.92 Å². The number of thiophene rings is 1. The van der Waals surface area contributed by atoms with Crippen molar-refractivity contribution >= 4 is 17.3 Å². The summed E-state index contributed by atoms with van der Waals surface area (Å²) in [6, 6.07) is 3.96. The molecule has 0 aromatic carbocycles. The fourth-order valence-corrected chi connectivity index (χ4v) is 2.29. The van der Waals surface area contributed by atoms with Crippen LogP contribution in [0.15, 0.2) is 12.1 Å². The Hall–Kier alpha value is -0.830. The number of hydrogen-bond donors (Lipinski definition) is 1. The molecule has 1 aromatic heterocycles. The zero-order chi connectivity index (χ0) is 9.84. The van der Waals surface area contributed by atoms with Crippen LogP contribution < -0.4 is 0 Å². The Kier molecular flexibility index (Phi) is 3.48. The maximum absolute atomic E-state index is 10.7. The van der Waals surface area contributed by atoms with Crippen molar-refractivity contribution in [2.75, 3.05) is 0 Å². The minimum absolute atomic E-state index is 0.365. The van der Waals surface area contributed by atoms with Crippen molar-refractivity contribution in [3.63, 3.8) is 0 Å². The normalized spacial score (nSPS) is 12.8. The lowest BCUT2D eigenvalue weighted by Crippen LogP contribution is -2.05. The van der Waals surface area contributed by atoms with Crippen molar-refractivity contribution in [3.8, 4) is 0 Å². The lowest BCUT2D eigenvalue weighted by atomic mass is 10.1. The molecule has 1 unspecified atom stereocenters. The predicted octanol–water partition coefficient (Wildman–Crippen LogP) is 2.89. The van der Waals surface area contributed by atoms with Crippen LogP contribution in [-0.4, -0.2) is 11.1 Å². The minimum atomic E-state index is -0.745. The lowest BCUT2D eigenvalue weighted by molar-refractivity contribution is -0.138. The molecular formula is C10H14O2S. The molecule has 2 nitrogen and oxygen atoms in total. The molecule has 0 radical (unpaired) electrons. The van der Waals surface area contributed by atoms with Gasteiger partial charge in [0.25, 0.3) is 0 Å². The van der Waals surface area contributed by atoms with Gasteiger partial charge in [-0.25, -0.2) is 0 Å². The van der Waals surface area contributed by atoms with E-state index in [0.717, 1.165) is 17.7 Å². The average Bonchev–Trinajstić information content (AvgIpc) is 2.52. The van der Waals surface area contributed by atoms with Gasteiger partial charge in [-0.15, -0.1) is 11.3 Å². The Morgan fingerprint density at radius 2 is 2.31 bits per heavy atom. The Morgan fingerprint density at radius 1 is 1.62 bits per heavy atom. The molecule has 0 saturated carbocycles. The van der Waals surface area contributed by atoms with Crippen LogP contribution in [0, 0.1) is 0 Å². The van der Waals surface area contributed by atoms with Crippen LogP contribution in [-0.2, 0) is 11.2 Å².